The molecule has 210 valence electrons. The number of benzene rings is 2. The molecule has 1 aliphatic heterocycles. The highest BCUT2D eigenvalue weighted by Gasteiger charge is 2.20. The van der Waals surface area contributed by atoms with Gasteiger partial charge in [-0.15, -0.1) is 0 Å². The van der Waals surface area contributed by atoms with Gasteiger partial charge in [0.05, 0.1) is 35.2 Å². The summed E-state index contributed by atoms with van der Waals surface area (Å²) in [5, 5.41) is 8.28. The molecule has 2 atom stereocenters. The Morgan fingerprint density at radius 2 is 1.76 bits per heavy atom. The highest BCUT2D eigenvalue weighted by molar-refractivity contribution is 6.04. The summed E-state index contributed by atoms with van der Waals surface area (Å²) in [4.78, 5) is 34.5. The van der Waals surface area contributed by atoms with Crippen LogP contribution >= 0.6 is 0 Å². The molecular formula is C33H36N6O2. The number of pyridine rings is 1. The first-order valence-electron chi connectivity index (χ1n) is 14.3. The lowest BCUT2D eigenvalue weighted by Crippen LogP contribution is -2.29. The van der Waals surface area contributed by atoms with E-state index in [2.05, 4.69) is 57.3 Å². The van der Waals surface area contributed by atoms with Crippen molar-refractivity contribution in [1.29, 1.82) is 0 Å². The summed E-state index contributed by atoms with van der Waals surface area (Å²) in [6.07, 6.45) is 7.37. The molecule has 1 amide bonds. The van der Waals surface area contributed by atoms with Gasteiger partial charge in [-0.2, -0.15) is 5.10 Å². The second-order valence-corrected chi connectivity index (χ2v) is 11.6. The van der Waals surface area contributed by atoms with Gasteiger partial charge in [0.15, 0.2) is 0 Å². The van der Waals surface area contributed by atoms with Crippen LogP contribution < -0.4 is 10.9 Å². The van der Waals surface area contributed by atoms with Crippen LogP contribution in [0, 0.1) is 11.8 Å². The Balaban J connectivity index is 1.17. The van der Waals surface area contributed by atoms with Crippen LogP contribution in [-0.2, 0) is 13.1 Å². The second kappa shape index (κ2) is 11.6. The molecule has 0 aliphatic carbocycles. The van der Waals surface area contributed by atoms with Crippen LogP contribution in [0.3, 0.4) is 0 Å². The molecule has 0 saturated carbocycles. The number of aromatic amines is 2. The normalized spacial score (nSPS) is 17.9. The first kappa shape index (κ1) is 26.8. The smallest absolute Gasteiger partial charge is 0.258 e. The number of anilines is 1. The summed E-state index contributed by atoms with van der Waals surface area (Å²) >= 11 is 0. The van der Waals surface area contributed by atoms with E-state index in [0.29, 0.717) is 40.9 Å². The van der Waals surface area contributed by atoms with Crippen molar-refractivity contribution in [3.8, 4) is 11.3 Å². The zero-order valence-corrected chi connectivity index (χ0v) is 23.6. The minimum Gasteiger partial charge on any atom is -0.354 e. The van der Waals surface area contributed by atoms with E-state index in [1.54, 1.807) is 23.1 Å². The minimum absolute atomic E-state index is 0.224. The number of hydrogen-bond donors (Lipinski definition) is 3. The van der Waals surface area contributed by atoms with Gasteiger partial charge in [0.2, 0.25) is 0 Å². The van der Waals surface area contributed by atoms with Crippen LogP contribution in [0.4, 0.5) is 5.69 Å². The minimum atomic E-state index is -0.291. The van der Waals surface area contributed by atoms with Crippen LogP contribution in [0.1, 0.15) is 48.2 Å². The third-order valence-corrected chi connectivity index (χ3v) is 7.92. The molecule has 6 rings (SSSR count). The molecule has 4 heterocycles. The number of rotatable bonds is 7. The van der Waals surface area contributed by atoms with Gasteiger partial charge in [0, 0.05) is 42.9 Å². The summed E-state index contributed by atoms with van der Waals surface area (Å²) < 4.78 is 1.73. The van der Waals surface area contributed by atoms with Gasteiger partial charge >= 0.3 is 0 Å². The molecule has 1 fully saturated rings. The Labute approximate surface area is 239 Å². The van der Waals surface area contributed by atoms with E-state index in [9.17, 15) is 9.59 Å². The monoisotopic (exact) mass is 548 g/mol. The Kier molecular flexibility index (Phi) is 7.57. The maximum Gasteiger partial charge on any atom is 0.258 e. The maximum atomic E-state index is 12.9. The predicted octanol–water partition coefficient (Wildman–Crippen LogP) is 5.89. The number of aromatic nitrogens is 4. The van der Waals surface area contributed by atoms with E-state index in [0.717, 1.165) is 36.1 Å². The fraction of sp³-hybridized carbons (Fsp3) is 0.303. The number of fused-ring (bicyclic) bond motifs is 1. The van der Waals surface area contributed by atoms with Gasteiger partial charge in [-0.1, -0.05) is 50.2 Å². The molecule has 2 aromatic carbocycles. The third-order valence-electron chi connectivity index (χ3n) is 7.92. The van der Waals surface area contributed by atoms with E-state index < -0.39 is 0 Å². The first-order valence-corrected chi connectivity index (χ1v) is 14.3. The number of nitrogens with zero attached hydrogens (tertiary/aromatic N) is 3. The lowest BCUT2D eigenvalue weighted by atomic mass is 10.0. The quantitative estimate of drug-likeness (QED) is 0.236. The van der Waals surface area contributed by atoms with Crippen LogP contribution in [0.15, 0.2) is 84.0 Å². The van der Waals surface area contributed by atoms with Crippen LogP contribution in [0.2, 0.25) is 0 Å². The van der Waals surface area contributed by atoms with Crippen LogP contribution in [0.5, 0.6) is 0 Å². The fourth-order valence-electron chi connectivity index (χ4n) is 5.82. The van der Waals surface area contributed by atoms with Crippen molar-refractivity contribution in [2.45, 2.75) is 39.8 Å². The number of amides is 1. The molecule has 8 nitrogen and oxygen atoms in total. The Morgan fingerprint density at radius 1 is 0.976 bits per heavy atom. The lowest BCUT2D eigenvalue weighted by Gasteiger charge is -2.24. The van der Waals surface area contributed by atoms with E-state index in [4.69, 9.17) is 0 Å². The molecule has 1 aliphatic rings. The third kappa shape index (κ3) is 6.33. The second-order valence-electron chi connectivity index (χ2n) is 11.6. The van der Waals surface area contributed by atoms with Crippen LogP contribution in [-0.4, -0.2) is 43.6 Å². The van der Waals surface area contributed by atoms with Crippen molar-refractivity contribution in [2.75, 3.05) is 18.4 Å². The van der Waals surface area contributed by atoms with E-state index >= 15 is 0 Å². The van der Waals surface area contributed by atoms with Crippen molar-refractivity contribution in [2.24, 2.45) is 11.8 Å². The topological polar surface area (TPSA) is 98.8 Å². The molecule has 41 heavy (non-hydrogen) atoms. The lowest BCUT2D eigenvalue weighted by molar-refractivity contribution is 0.102. The molecule has 5 aromatic rings. The average molecular weight is 549 g/mol. The molecule has 3 N–H and O–H groups in total. The number of hydrogen-bond acceptors (Lipinski definition) is 4. The molecule has 8 heteroatoms. The number of carbonyl (C=O) groups excluding carboxylic acids is 1. The highest BCUT2D eigenvalue weighted by atomic mass is 16.1. The highest BCUT2D eigenvalue weighted by Crippen LogP contribution is 2.26. The standard InChI is InChI=1S/C33H36N6O2/c1-22-8-9-23(2)18-38(17-22)19-25-10-11-30-26(12-25)13-31(37-30)29-14-28(16-34-33(29)41)36-32(40)27-15-35-39(21-27)20-24-6-4-3-5-7-24/h3-7,10-16,21-23,37H,8-9,17-20H2,1-2H3,(H,34,41)(H,36,40)/t22-,23+. The summed E-state index contributed by atoms with van der Waals surface area (Å²) in [7, 11) is 0. The zero-order chi connectivity index (χ0) is 28.3. The first-order chi connectivity index (χ1) is 19.9. The Bertz CT molecular complexity index is 1700. The van der Waals surface area contributed by atoms with E-state index in [1.165, 1.54) is 24.6 Å². The summed E-state index contributed by atoms with van der Waals surface area (Å²) in [6.45, 7) is 8.45. The fourth-order valence-corrected chi connectivity index (χ4v) is 5.82. The largest absolute Gasteiger partial charge is 0.354 e. The summed E-state index contributed by atoms with van der Waals surface area (Å²) in [6, 6.07) is 20.1. The molecule has 0 unspecified atom stereocenters. The van der Waals surface area contributed by atoms with Crippen LogP contribution in [0.25, 0.3) is 22.2 Å². The molecule has 0 spiro atoms. The van der Waals surface area contributed by atoms with Gasteiger partial charge in [-0.3, -0.25) is 19.2 Å². The van der Waals surface area contributed by atoms with E-state index in [1.807, 2.05) is 36.4 Å². The van der Waals surface area contributed by atoms with Crippen molar-refractivity contribution in [1.82, 2.24) is 24.6 Å². The molecule has 0 radical (unpaired) electrons. The zero-order valence-electron chi connectivity index (χ0n) is 23.6. The SMILES string of the molecule is C[C@@H]1CC[C@H](C)CN(Cc2ccc3[nH]c(-c4cc(NC(=O)c5cnn(Cc6ccccc6)c5)c[nH]c4=O)cc3c2)C1. The number of carbonyl (C=O) groups is 1. The summed E-state index contributed by atoms with van der Waals surface area (Å²) in [5.41, 5.74) is 5.25. The number of nitrogens with one attached hydrogen (secondary N) is 3. The van der Waals surface area contributed by atoms with Crippen molar-refractivity contribution >= 4 is 22.5 Å². The maximum absolute atomic E-state index is 12.9. The van der Waals surface area contributed by atoms with E-state index in [-0.39, 0.29) is 11.5 Å². The Morgan fingerprint density at radius 3 is 2.54 bits per heavy atom. The number of H-pyrrole nitrogens is 2. The van der Waals surface area contributed by atoms with Gasteiger partial charge in [-0.25, -0.2) is 0 Å². The molecule has 3 aromatic heterocycles. The van der Waals surface area contributed by atoms with Gasteiger partial charge in [0.1, 0.15) is 0 Å². The predicted molar refractivity (Wildman–Crippen MR) is 163 cm³/mol. The molecular weight excluding hydrogens is 512 g/mol. The van der Waals surface area contributed by atoms with Gasteiger partial charge in [-0.05, 0) is 60.1 Å². The summed E-state index contributed by atoms with van der Waals surface area (Å²) in [5.74, 6) is 1.14. The van der Waals surface area contributed by atoms with Gasteiger partial charge < -0.3 is 15.3 Å². The Hall–Kier alpha value is -4.43. The number of likely N-dealkylation sites (tertiary alicyclic amines) is 1. The van der Waals surface area contributed by atoms with Gasteiger partial charge in [0.25, 0.3) is 11.5 Å². The average Bonchev–Trinajstić information content (AvgIpc) is 3.56. The molecule has 1 saturated heterocycles. The van der Waals surface area contributed by atoms with Crippen molar-refractivity contribution in [3.63, 3.8) is 0 Å². The van der Waals surface area contributed by atoms with Crippen molar-refractivity contribution < 1.29 is 4.79 Å². The van der Waals surface area contributed by atoms with Crippen molar-refractivity contribution in [3.05, 3.63) is 106 Å². The molecule has 0 bridgehead atoms.